The van der Waals surface area contributed by atoms with Gasteiger partial charge in [-0.15, -0.1) is 0 Å². The standard InChI is InChI=1S/C29H27F6N5O/c30-28(31,32)19-8-10-20(11-9-19)37-27-22-12-7-18(26-23(29(33,34)35)5-1-13-36-26)16-24(22)38-25(39-27)6-3-15-40-14-2-4-21(41)17-40/h1,5,7-13,16,21,41H,2-4,6,14-15,17H2,(H,37,38,39). The second-order valence-corrected chi connectivity index (χ2v) is 10.0. The van der Waals surface area contributed by atoms with E-state index in [1.165, 1.54) is 36.5 Å². The van der Waals surface area contributed by atoms with Crippen molar-refractivity contribution in [3.05, 3.63) is 77.7 Å². The molecule has 2 aromatic heterocycles. The lowest BCUT2D eigenvalue weighted by molar-refractivity contribution is -0.138. The van der Waals surface area contributed by atoms with Crippen molar-refractivity contribution in [2.75, 3.05) is 25.0 Å². The number of aromatic nitrogens is 3. The SMILES string of the molecule is OC1CCCN(CCCc2nc(Nc3ccc(C(F)(F)F)cc3)c3ccc(-c4ncccc4C(F)(F)F)cc3n2)C1. The molecule has 2 N–H and O–H groups in total. The highest BCUT2D eigenvalue weighted by molar-refractivity contribution is 5.93. The molecule has 0 amide bonds. The lowest BCUT2D eigenvalue weighted by Gasteiger charge is -2.29. The first-order valence-electron chi connectivity index (χ1n) is 13.2. The smallest absolute Gasteiger partial charge is 0.392 e. The number of piperidine rings is 1. The molecule has 1 unspecified atom stereocenters. The van der Waals surface area contributed by atoms with E-state index in [1.54, 1.807) is 6.07 Å². The number of rotatable bonds is 7. The van der Waals surface area contributed by atoms with Crippen molar-refractivity contribution in [1.82, 2.24) is 19.9 Å². The number of halogens is 6. The minimum atomic E-state index is -4.60. The fraction of sp³-hybridized carbons (Fsp3) is 0.345. The predicted molar refractivity (Wildman–Crippen MR) is 142 cm³/mol. The Balaban J connectivity index is 1.48. The van der Waals surface area contributed by atoms with Crippen molar-refractivity contribution in [2.24, 2.45) is 0 Å². The third-order valence-electron chi connectivity index (χ3n) is 6.96. The number of hydrogen-bond donors (Lipinski definition) is 2. The van der Waals surface area contributed by atoms with Gasteiger partial charge >= 0.3 is 12.4 Å². The molecule has 12 heteroatoms. The molecule has 2 aromatic carbocycles. The molecular weight excluding hydrogens is 548 g/mol. The van der Waals surface area contributed by atoms with Gasteiger partial charge in [0.15, 0.2) is 0 Å². The molecule has 1 fully saturated rings. The number of pyridine rings is 1. The summed E-state index contributed by atoms with van der Waals surface area (Å²) in [7, 11) is 0. The van der Waals surface area contributed by atoms with E-state index in [2.05, 4.69) is 25.2 Å². The summed E-state index contributed by atoms with van der Waals surface area (Å²) < 4.78 is 80.1. The summed E-state index contributed by atoms with van der Waals surface area (Å²) in [5.41, 5.74) is -0.950. The van der Waals surface area contributed by atoms with Gasteiger partial charge in [0.2, 0.25) is 0 Å². The zero-order valence-corrected chi connectivity index (χ0v) is 21.8. The highest BCUT2D eigenvalue weighted by atomic mass is 19.4. The lowest BCUT2D eigenvalue weighted by atomic mass is 10.0. The van der Waals surface area contributed by atoms with Crippen LogP contribution in [0.4, 0.5) is 37.8 Å². The monoisotopic (exact) mass is 575 g/mol. The number of aliphatic hydroxyl groups is 1. The molecule has 1 aliphatic heterocycles. The number of aliphatic hydroxyl groups excluding tert-OH is 1. The quantitative estimate of drug-likeness (QED) is 0.235. The number of nitrogens with zero attached hydrogens (tertiary/aromatic N) is 4. The zero-order chi connectivity index (χ0) is 29.2. The number of aryl methyl sites for hydroxylation is 1. The van der Waals surface area contributed by atoms with E-state index in [1.807, 2.05) is 0 Å². The van der Waals surface area contributed by atoms with E-state index in [-0.39, 0.29) is 17.4 Å². The Hall–Kier alpha value is -3.77. The van der Waals surface area contributed by atoms with Crippen LogP contribution in [0.2, 0.25) is 0 Å². The number of anilines is 2. The molecule has 1 saturated heterocycles. The van der Waals surface area contributed by atoms with Gasteiger partial charge in [-0.25, -0.2) is 9.97 Å². The Labute approximate surface area is 232 Å². The average molecular weight is 576 g/mol. The predicted octanol–water partition coefficient (Wildman–Crippen LogP) is 6.86. The van der Waals surface area contributed by atoms with Gasteiger partial charge in [0, 0.05) is 35.8 Å². The van der Waals surface area contributed by atoms with Crippen LogP contribution in [-0.2, 0) is 18.8 Å². The van der Waals surface area contributed by atoms with Crippen molar-refractivity contribution in [3.8, 4) is 11.3 Å². The molecule has 1 aliphatic rings. The average Bonchev–Trinajstić information content (AvgIpc) is 2.92. The second kappa shape index (κ2) is 11.6. The summed E-state index contributed by atoms with van der Waals surface area (Å²) >= 11 is 0. The topological polar surface area (TPSA) is 74.2 Å². The largest absolute Gasteiger partial charge is 0.418 e. The molecule has 216 valence electrons. The van der Waals surface area contributed by atoms with E-state index in [0.29, 0.717) is 54.2 Å². The Morgan fingerprint density at radius 2 is 1.73 bits per heavy atom. The van der Waals surface area contributed by atoms with Crippen LogP contribution in [0.25, 0.3) is 22.2 Å². The Morgan fingerprint density at radius 1 is 0.951 bits per heavy atom. The third-order valence-corrected chi connectivity index (χ3v) is 6.96. The molecule has 1 atom stereocenters. The molecular formula is C29H27F6N5O. The van der Waals surface area contributed by atoms with Crippen LogP contribution >= 0.6 is 0 Å². The number of nitrogens with one attached hydrogen (secondary N) is 1. The molecule has 0 radical (unpaired) electrons. The molecule has 4 aromatic rings. The summed E-state index contributed by atoms with van der Waals surface area (Å²) in [5, 5.41) is 13.5. The van der Waals surface area contributed by atoms with Gasteiger partial charge in [-0.05, 0) is 80.9 Å². The summed E-state index contributed by atoms with van der Waals surface area (Å²) in [5.74, 6) is 0.750. The summed E-state index contributed by atoms with van der Waals surface area (Å²) in [4.78, 5) is 15.4. The van der Waals surface area contributed by atoms with E-state index in [0.717, 1.165) is 37.6 Å². The molecule has 0 bridgehead atoms. The van der Waals surface area contributed by atoms with Gasteiger partial charge in [0.1, 0.15) is 11.6 Å². The first-order valence-corrected chi connectivity index (χ1v) is 13.2. The molecule has 3 heterocycles. The van der Waals surface area contributed by atoms with Crippen LogP contribution in [0.15, 0.2) is 60.8 Å². The van der Waals surface area contributed by atoms with Gasteiger partial charge in [0.25, 0.3) is 0 Å². The number of likely N-dealkylation sites (tertiary alicyclic amines) is 1. The zero-order valence-electron chi connectivity index (χ0n) is 21.8. The molecule has 5 rings (SSSR count). The van der Waals surface area contributed by atoms with E-state index in [9.17, 15) is 31.4 Å². The first kappa shape index (κ1) is 28.7. The molecule has 6 nitrogen and oxygen atoms in total. The highest BCUT2D eigenvalue weighted by Gasteiger charge is 2.34. The summed E-state index contributed by atoms with van der Waals surface area (Å²) in [6.45, 7) is 2.18. The Bertz CT molecular complexity index is 1510. The third kappa shape index (κ3) is 6.94. The molecule has 41 heavy (non-hydrogen) atoms. The maximum atomic E-state index is 13.7. The van der Waals surface area contributed by atoms with Gasteiger partial charge in [-0.3, -0.25) is 4.98 Å². The first-order chi connectivity index (χ1) is 19.5. The maximum Gasteiger partial charge on any atom is 0.418 e. The normalized spacial score (nSPS) is 16.7. The van der Waals surface area contributed by atoms with Crippen molar-refractivity contribution >= 4 is 22.4 Å². The molecule has 0 aliphatic carbocycles. The van der Waals surface area contributed by atoms with Crippen LogP contribution in [-0.4, -0.2) is 50.7 Å². The number of alkyl halides is 6. The van der Waals surface area contributed by atoms with Crippen LogP contribution in [0.3, 0.4) is 0 Å². The van der Waals surface area contributed by atoms with Crippen LogP contribution in [0, 0.1) is 0 Å². The Morgan fingerprint density at radius 3 is 2.44 bits per heavy atom. The maximum absolute atomic E-state index is 13.7. The van der Waals surface area contributed by atoms with E-state index in [4.69, 9.17) is 0 Å². The van der Waals surface area contributed by atoms with Gasteiger partial charge in [-0.2, -0.15) is 26.3 Å². The minimum absolute atomic E-state index is 0.220. The van der Waals surface area contributed by atoms with Crippen molar-refractivity contribution in [1.29, 1.82) is 0 Å². The molecule has 0 spiro atoms. The number of fused-ring (bicyclic) bond motifs is 1. The van der Waals surface area contributed by atoms with Crippen LogP contribution in [0.1, 0.15) is 36.2 Å². The lowest BCUT2D eigenvalue weighted by Crippen LogP contribution is -2.38. The Kier molecular flexibility index (Phi) is 8.14. The summed E-state index contributed by atoms with van der Waals surface area (Å²) in [6.07, 6.45) is -5.34. The number of benzene rings is 2. The summed E-state index contributed by atoms with van der Waals surface area (Å²) in [6, 6.07) is 11.2. The fourth-order valence-electron chi connectivity index (χ4n) is 4.97. The van der Waals surface area contributed by atoms with E-state index >= 15 is 0 Å². The van der Waals surface area contributed by atoms with Crippen molar-refractivity contribution in [3.63, 3.8) is 0 Å². The fourth-order valence-corrected chi connectivity index (χ4v) is 4.97. The van der Waals surface area contributed by atoms with Crippen LogP contribution < -0.4 is 5.32 Å². The van der Waals surface area contributed by atoms with E-state index < -0.39 is 23.5 Å². The van der Waals surface area contributed by atoms with Crippen LogP contribution in [0.5, 0.6) is 0 Å². The van der Waals surface area contributed by atoms with Gasteiger partial charge < -0.3 is 15.3 Å². The van der Waals surface area contributed by atoms with Gasteiger partial charge in [0.05, 0.1) is 28.4 Å². The second-order valence-electron chi connectivity index (χ2n) is 10.0. The minimum Gasteiger partial charge on any atom is -0.392 e. The van der Waals surface area contributed by atoms with Gasteiger partial charge in [-0.1, -0.05) is 6.07 Å². The highest BCUT2D eigenvalue weighted by Crippen LogP contribution is 2.37. The van der Waals surface area contributed by atoms with Crippen molar-refractivity contribution < 1.29 is 31.4 Å². The molecule has 0 saturated carbocycles. The van der Waals surface area contributed by atoms with Crippen molar-refractivity contribution in [2.45, 2.75) is 44.1 Å². The number of hydrogen-bond acceptors (Lipinski definition) is 6. The number of β-amino-alcohol motifs (C(OH)–C–C–N with tert-alkyl or cyclic N) is 1.